The Labute approximate surface area is 198 Å². The van der Waals surface area contributed by atoms with Crippen LogP contribution >= 0.6 is 0 Å². The third-order valence-electron chi connectivity index (χ3n) is 6.47. The topological polar surface area (TPSA) is 114 Å². The van der Waals surface area contributed by atoms with Gasteiger partial charge in [0, 0.05) is 47.2 Å². The molecule has 4 rings (SSSR count). The van der Waals surface area contributed by atoms with Gasteiger partial charge in [-0.15, -0.1) is 0 Å². The number of benzene rings is 1. The fourth-order valence-corrected chi connectivity index (χ4v) is 6.17. The highest BCUT2D eigenvalue weighted by Gasteiger charge is 2.42. The maximum atomic E-state index is 12.5. The van der Waals surface area contributed by atoms with Crippen LogP contribution in [0.3, 0.4) is 0 Å². The number of amides is 2. The molecule has 0 saturated carbocycles. The zero-order valence-corrected chi connectivity index (χ0v) is 20.0. The van der Waals surface area contributed by atoms with Gasteiger partial charge in [0.2, 0.25) is 12.3 Å². The number of hydrogen-bond donors (Lipinski definition) is 1. The van der Waals surface area contributed by atoms with Crippen LogP contribution in [-0.4, -0.2) is 73.5 Å². The average Bonchev–Trinajstić information content (AvgIpc) is 3.33. The second kappa shape index (κ2) is 11.6. The first kappa shape index (κ1) is 25.1. The highest BCUT2D eigenvalue weighted by Crippen LogP contribution is 2.27. The Morgan fingerprint density at radius 1 is 1.15 bits per heavy atom. The summed E-state index contributed by atoms with van der Waals surface area (Å²) < 4.78 is 27.9. The van der Waals surface area contributed by atoms with E-state index in [-0.39, 0.29) is 38.8 Å². The van der Waals surface area contributed by atoms with E-state index in [0.717, 1.165) is 38.8 Å². The molecule has 0 radical (unpaired) electrons. The number of aryl methyl sites for hydroxylation is 1. The van der Waals surface area contributed by atoms with Gasteiger partial charge < -0.3 is 10.2 Å². The SMILES string of the molecule is Cc1ccccc1CNC=O.N#CC1CN(S(=O)(=O)N2CCC[C@H](C(=O)N3CCCC3)C2)C1.[HH]. The zero-order valence-electron chi connectivity index (χ0n) is 19.1. The van der Waals surface area contributed by atoms with Crippen molar-refractivity contribution in [2.24, 2.45) is 11.8 Å². The second-order valence-electron chi connectivity index (χ2n) is 8.81. The number of nitrogens with zero attached hydrogens (tertiary/aromatic N) is 4. The molecule has 0 unspecified atom stereocenters. The average molecular weight is 478 g/mol. The fraction of sp³-hybridized carbons (Fsp3) is 0.609. The number of carbonyl (C=O) groups excluding carboxylic acids is 2. The molecule has 10 heteroatoms. The van der Waals surface area contributed by atoms with Crippen LogP contribution in [0.25, 0.3) is 0 Å². The lowest BCUT2D eigenvalue weighted by Crippen LogP contribution is -2.57. The monoisotopic (exact) mass is 477 g/mol. The van der Waals surface area contributed by atoms with Crippen LogP contribution in [0.2, 0.25) is 0 Å². The van der Waals surface area contributed by atoms with Crippen LogP contribution in [0.15, 0.2) is 24.3 Å². The summed E-state index contributed by atoms with van der Waals surface area (Å²) in [5, 5.41) is 11.4. The van der Waals surface area contributed by atoms with E-state index in [2.05, 4.69) is 11.4 Å². The van der Waals surface area contributed by atoms with Crippen LogP contribution in [0.1, 0.15) is 38.2 Å². The summed E-state index contributed by atoms with van der Waals surface area (Å²) in [7, 11) is -3.51. The lowest BCUT2D eigenvalue weighted by atomic mass is 9.98. The zero-order chi connectivity index (χ0) is 23.8. The van der Waals surface area contributed by atoms with E-state index in [9.17, 15) is 18.0 Å². The summed E-state index contributed by atoms with van der Waals surface area (Å²) in [5.41, 5.74) is 2.38. The minimum Gasteiger partial charge on any atom is -0.355 e. The Hall–Kier alpha value is -2.48. The summed E-state index contributed by atoms with van der Waals surface area (Å²) in [5.74, 6) is -0.299. The highest BCUT2D eigenvalue weighted by molar-refractivity contribution is 7.86. The van der Waals surface area contributed by atoms with E-state index >= 15 is 0 Å². The number of nitrogens with one attached hydrogen (secondary N) is 1. The molecule has 1 N–H and O–H groups in total. The number of nitriles is 1. The Bertz CT molecular complexity index is 972. The standard InChI is InChI=1S/C14H22N4O3S.C9H11NO.H2/c15-8-12-9-18(10-12)22(20,21)17-7-3-4-13(11-17)14(19)16-5-1-2-6-16;1-8-4-2-3-5-9(8)6-10-7-11;/h12-13H,1-7,9-11H2;2-5,7H,6H2,1H3,(H,10,11);1H/t13-;;/m0../s1. The van der Waals surface area contributed by atoms with Crippen LogP contribution in [0, 0.1) is 30.1 Å². The number of rotatable bonds is 6. The predicted molar refractivity (Wildman–Crippen MR) is 126 cm³/mol. The van der Waals surface area contributed by atoms with Crippen molar-refractivity contribution < 1.29 is 19.4 Å². The van der Waals surface area contributed by atoms with Gasteiger partial charge in [0.15, 0.2) is 0 Å². The van der Waals surface area contributed by atoms with Crippen molar-refractivity contribution in [2.45, 2.75) is 39.2 Å². The molecule has 1 aromatic rings. The molecule has 0 aromatic heterocycles. The van der Waals surface area contributed by atoms with Crippen LogP contribution in [0.5, 0.6) is 0 Å². The van der Waals surface area contributed by atoms with Crippen LogP contribution in [-0.2, 0) is 26.3 Å². The molecule has 182 valence electrons. The van der Waals surface area contributed by atoms with E-state index in [4.69, 9.17) is 5.26 Å². The minimum absolute atomic E-state index is 0. The minimum atomic E-state index is -3.51. The molecule has 1 atom stereocenters. The maximum Gasteiger partial charge on any atom is 0.282 e. The normalized spacial score (nSPS) is 21.9. The molecule has 3 saturated heterocycles. The second-order valence-corrected chi connectivity index (χ2v) is 10.7. The molecule has 0 bridgehead atoms. The number of piperidine rings is 1. The van der Waals surface area contributed by atoms with Gasteiger partial charge in [0.05, 0.1) is 17.9 Å². The Balaban J connectivity index is 0.000000289. The van der Waals surface area contributed by atoms with E-state index < -0.39 is 10.2 Å². The molecular formula is C23H35N5O4S. The molecule has 33 heavy (non-hydrogen) atoms. The predicted octanol–water partition coefficient (Wildman–Crippen LogP) is 1.51. The van der Waals surface area contributed by atoms with Gasteiger partial charge in [0.25, 0.3) is 10.2 Å². The Morgan fingerprint density at radius 3 is 2.48 bits per heavy atom. The molecule has 1 aromatic carbocycles. The van der Waals surface area contributed by atoms with E-state index in [1.165, 1.54) is 19.7 Å². The van der Waals surface area contributed by atoms with Crippen molar-refractivity contribution in [3.8, 4) is 6.07 Å². The summed E-state index contributed by atoms with van der Waals surface area (Å²) >= 11 is 0. The molecule has 3 fully saturated rings. The van der Waals surface area contributed by atoms with E-state index in [1.54, 1.807) is 0 Å². The summed E-state index contributed by atoms with van der Waals surface area (Å²) in [6.07, 6.45) is 4.29. The molecule has 3 aliphatic heterocycles. The summed E-state index contributed by atoms with van der Waals surface area (Å²) in [6, 6.07) is 10.1. The summed E-state index contributed by atoms with van der Waals surface area (Å²) in [6.45, 7) is 5.57. The first-order valence-corrected chi connectivity index (χ1v) is 12.9. The van der Waals surface area contributed by atoms with Gasteiger partial charge >= 0.3 is 0 Å². The molecule has 0 aliphatic carbocycles. The van der Waals surface area contributed by atoms with Crippen molar-refractivity contribution in [2.75, 3.05) is 39.3 Å². The number of likely N-dealkylation sites (tertiary alicyclic amines) is 1. The third-order valence-corrected chi connectivity index (χ3v) is 8.41. The van der Waals surface area contributed by atoms with Crippen LogP contribution in [0.4, 0.5) is 0 Å². The smallest absolute Gasteiger partial charge is 0.282 e. The Kier molecular flexibility index (Phi) is 8.83. The van der Waals surface area contributed by atoms with Crippen molar-refractivity contribution in [3.63, 3.8) is 0 Å². The number of hydrogen-bond acceptors (Lipinski definition) is 5. The quantitative estimate of drug-likeness (QED) is 0.624. The van der Waals surface area contributed by atoms with Crippen molar-refractivity contribution >= 4 is 22.5 Å². The lowest BCUT2D eigenvalue weighted by Gasteiger charge is -2.40. The van der Waals surface area contributed by atoms with Gasteiger partial charge in [-0.05, 0) is 43.7 Å². The lowest BCUT2D eigenvalue weighted by molar-refractivity contribution is -0.135. The van der Waals surface area contributed by atoms with Gasteiger partial charge in [-0.25, -0.2) is 0 Å². The van der Waals surface area contributed by atoms with E-state index in [1.807, 2.05) is 36.1 Å². The molecule has 3 aliphatic rings. The van der Waals surface area contributed by atoms with Gasteiger partial charge in [0.1, 0.15) is 0 Å². The number of carbonyl (C=O) groups is 2. The van der Waals surface area contributed by atoms with Gasteiger partial charge in [-0.2, -0.15) is 22.3 Å². The maximum absolute atomic E-state index is 12.5. The first-order chi connectivity index (χ1) is 15.9. The van der Waals surface area contributed by atoms with E-state index in [0.29, 0.717) is 19.5 Å². The largest absolute Gasteiger partial charge is 0.355 e. The molecule has 9 nitrogen and oxygen atoms in total. The van der Waals surface area contributed by atoms with Crippen molar-refractivity contribution in [1.29, 1.82) is 5.26 Å². The van der Waals surface area contributed by atoms with Crippen molar-refractivity contribution in [3.05, 3.63) is 35.4 Å². The van der Waals surface area contributed by atoms with Gasteiger partial charge in [-0.3, -0.25) is 9.59 Å². The van der Waals surface area contributed by atoms with Crippen molar-refractivity contribution in [1.82, 2.24) is 18.8 Å². The molecular weight excluding hydrogens is 442 g/mol. The summed E-state index contributed by atoms with van der Waals surface area (Å²) in [4.78, 5) is 24.3. The molecule has 0 spiro atoms. The highest BCUT2D eigenvalue weighted by atomic mass is 32.2. The van der Waals surface area contributed by atoms with Gasteiger partial charge in [-0.1, -0.05) is 24.3 Å². The Morgan fingerprint density at radius 2 is 1.85 bits per heavy atom. The third kappa shape index (κ3) is 6.31. The first-order valence-electron chi connectivity index (χ1n) is 11.5. The molecule has 2 amide bonds. The fourth-order valence-electron chi connectivity index (χ4n) is 4.38. The van der Waals surface area contributed by atoms with Crippen LogP contribution < -0.4 is 5.32 Å². The molecule has 3 heterocycles.